The molecule has 3 rings (SSSR count). The topological polar surface area (TPSA) is 49.9 Å². The highest BCUT2D eigenvalue weighted by Gasteiger charge is 2.42. The Kier molecular flexibility index (Phi) is 4.96. The third-order valence-electron chi connectivity index (χ3n) is 4.52. The number of amides is 2. The van der Waals surface area contributed by atoms with Crippen molar-refractivity contribution < 1.29 is 14.3 Å². The molecule has 0 aromatic heterocycles. The van der Waals surface area contributed by atoms with Gasteiger partial charge in [0.1, 0.15) is 5.75 Å². The van der Waals surface area contributed by atoms with Gasteiger partial charge in [-0.1, -0.05) is 13.3 Å². The van der Waals surface area contributed by atoms with E-state index in [-0.39, 0.29) is 17.9 Å². The Labute approximate surface area is 137 Å². The van der Waals surface area contributed by atoms with Crippen molar-refractivity contribution in [2.24, 2.45) is 0 Å². The molecule has 1 aromatic rings. The van der Waals surface area contributed by atoms with Crippen molar-refractivity contribution in [3.63, 3.8) is 0 Å². The van der Waals surface area contributed by atoms with Gasteiger partial charge in [0.05, 0.1) is 24.8 Å². The van der Waals surface area contributed by atoms with E-state index in [2.05, 4.69) is 11.8 Å². The van der Waals surface area contributed by atoms with Gasteiger partial charge >= 0.3 is 0 Å². The van der Waals surface area contributed by atoms with Crippen LogP contribution in [0.4, 0.5) is 5.69 Å². The maximum Gasteiger partial charge on any atom is 0.251 e. The second-order valence-corrected chi connectivity index (χ2v) is 6.23. The van der Waals surface area contributed by atoms with Crippen LogP contribution in [0.2, 0.25) is 0 Å². The van der Waals surface area contributed by atoms with Crippen molar-refractivity contribution in [2.45, 2.75) is 45.1 Å². The van der Waals surface area contributed by atoms with E-state index in [0.29, 0.717) is 18.7 Å². The Hall–Kier alpha value is -1.88. The fourth-order valence-corrected chi connectivity index (χ4v) is 3.31. The van der Waals surface area contributed by atoms with Crippen LogP contribution in [0.25, 0.3) is 0 Å². The first-order valence-corrected chi connectivity index (χ1v) is 8.54. The number of imide groups is 1. The number of benzene rings is 1. The van der Waals surface area contributed by atoms with Gasteiger partial charge in [0.2, 0.25) is 5.91 Å². The first kappa shape index (κ1) is 16.0. The van der Waals surface area contributed by atoms with Crippen LogP contribution in [0.5, 0.6) is 5.75 Å². The molecule has 2 aliphatic heterocycles. The van der Waals surface area contributed by atoms with Crippen molar-refractivity contribution in [1.82, 2.24) is 4.90 Å². The van der Waals surface area contributed by atoms with Crippen LogP contribution in [0.15, 0.2) is 24.3 Å². The monoisotopic (exact) mass is 316 g/mol. The Balaban J connectivity index is 1.71. The van der Waals surface area contributed by atoms with Gasteiger partial charge in [-0.15, -0.1) is 0 Å². The molecule has 2 fully saturated rings. The van der Waals surface area contributed by atoms with Gasteiger partial charge in [-0.3, -0.25) is 14.5 Å². The Morgan fingerprint density at radius 2 is 1.78 bits per heavy atom. The molecule has 0 aliphatic carbocycles. The summed E-state index contributed by atoms with van der Waals surface area (Å²) in [4.78, 5) is 28.6. The fraction of sp³-hybridized carbons (Fsp3) is 0.556. The predicted octanol–water partition coefficient (Wildman–Crippen LogP) is 2.59. The molecule has 2 aliphatic rings. The van der Waals surface area contributed by atoms with Crippen LogP contribution in [-0.2, 0) is 9.59 Å². The van der Waals surface area contributed by atoms with Crippen molar-refractivity contribution in [3.8, 4) is 5.75 Å². The smallest absolute Gasteiger partial charge is 0.251 e. The van der Waals surface area contributed by atoms with E-state index in [1.54, 1.807) is 12.1 Å². The summed E-state index contributed by atoms with van der Waals surface area (Å²) in [5, 5.41) is 0. The second-order valence-electron chi connectivity index (χ2n) is 6.23. The number of anilines is 1. The van der Waals surface area contributed by atoms with E-state index in [0.717, 1.165) is 38.1 Å². The standard InChI is InChI=1S/C18H24N2O3/c1-2-12-23-15-8-6-14(7-9-15)20-17(21)13-16(18(20)22)19-10-4-3-5-11-19/h6-9,16H,2-5,10-13H2,1H3. The molecule has 0 spiro atoms. The lowest BCUT2D eigenvalue weighted by molar-refractivity contribution is -0.123. The van der Waals surface area contributed by atoms with Gasteiger partial charge in [0.25, 0.3) is 5.91 Å². The van der Waals surface area contributed by atoms with E-state index in [1.807, 2.05) is 12.1 Å². The van der Waals surface area contributed by atoms with Crippen LogP contribution in [-0.4, -0.2) is 42.5 Å². The van der Waals surface area contributed by atoms with Crippen molar-refractivity contribution in [2.75, 3.05) is 24.6 Å². The largest absolute Gasteiger partial charge is 0.494 e. The number of ether oxygens (including phenoxy) is 1. The summed E-state index contributed by atoms with van der Waals surface area (Å²) in [7, 11) is 0. The molecule has 0 saturated carbocycles. The molecule has 5 heteroatoms. The lowest BCUT2D eigenvalue weighted by atomic mass is 10.1. The molecule has 1 unspecified atom stereocenters. The van der Waals surface area contributed by atoms with Gasteiger partial charge in [-0.25, -0.2) is 4.90 Å². The SMILES string of the molecule is CCCOc1ccc(N2C(=O)CC(N3CCCCC3)C2=O)cc1. The zero-order valence-electron chi connectivity index (χ0n) is 13.7. The summed E-state index contributed by atoms with van der Waals surface area (Å²) >= 11 is 0. The average Bonchev–Trinajstić information content (AvgIpc) is 2.89. The molecule has 124 valence electrons. The molecule has 0 N–H and O–H groups in total. The Morgan fingerprint density at radius 1 is 1.09 bits per heavy atom. The molecule has 0 bridgehead atoms. The minimum Gasteiger partial charge on any atom is -0.494 e. The summed E-state index contributed by atoms with van der Waals surface area (Å²) in [6.45, 7) is 4.55. The molecule has 5 nitrogen and oxygen atoms in total. The van der Waals surface area contributed by atoms with E-state index >= 15 is 0 Å². The van der Waals surface area contributed by atoms with Gasteiger partial charge in [-0.05, 0) is 56.6 Å². The quantitative estimate of drug-likeness (QED) is 0.784. The fourth-order valence-electron chi connectivity index (χ4n) is 3.31. The molecule has 1 atom stereocenters. The summed E-state index contributed by atoms with van der Waals surface area (Å²) in [6, 6.07) is 6.94. The molecule has 0 radical (unpaired) electrons. The molecular weight excluding hydrogens is 292 g/mol. The number of hydrogen-bond acceptors (Lipinski definition) is 4. The maximum absolute atomic E-state index is 12.7. The number of nitrogens with zero attached hydrogens (tertiary/aromatic N) is 2. The number of likely N-dealkylation sites (tertiary alicyclic amines) is 1. The highest BCUT2D eigenvalue weighted by Crippen LogP contribution is 2.28. The lowest BCUT2D eigenvalue weighted by Crippen LogP contribution is -2.44. The zero-order chi connectivity index (χ0) is 16.2. The Bertz CT molecular complexity index is 564. The number of hydrogen-bond donors (Lipinski definition) is 0. The van der Waals surface area contributed by atoms with Crippen LogP contribution < -0.4 is 9.64 Å². The molecule has 23 heavy (non-hydrogen) atoms. The summed E-state index contributed by atoms with van der Waals surface area (Å²) < 4.78 is 5.55. The minimum absolute atomic E-state index is 0.0841. The summed E-state index contributed by atoms with van der Waals surface area (Å²) in [5.41, 5.74) is 0.642. The maximum atomic E-state index is 12.7. The third kappa shape index (κ3) is 3.39. The van der Waals surface area contributed by atoms with E-state index in [9.17, 15) is 9.59 Å². The van der Waals surface area contributed by atoms with Crippen molar-refractivity contribution in [1.29, 1.82) is 0 Å². The lowest BCUT2D eigenvalue weighted by Gasteiger charge is -2.30. The summed E-state index contributed by atoms with van der Waals surface area (Å²) in [5.74, 6) is 0.578. The van der Waals surface area contributed by atoms with E-state index in [4.69, 9.17) is 4.74 Å². The van der Waals surface area contributed by atoms with Crippen molar-refractivity contribution >= 4 is 17.5 Å². The predicted molar refractivity (Wildman–Crippen MR) is 88.6 cm³/mol. The zero-order valence-corrected chi connectivity index (χ0v) is 13.7. The first-order valence-electron chi connectivity index (χ1n) is 8.54. The summed E-state index contributed by atoms with van der Waals surface area (Å²) in [6.07, 6.45) is 4.69. The first-order chi connectivity index (χ1) is 11.2. The van der Waals surface area contributed by atoms with Crippen LogP contribution in [0.3, 0.4) is 0 Å². The van der Waals surface area contributed by atoms with Crippen molar-refractivity contribution in [3.05, 3.63) is 24.3 Å². The van der Waals surface area contributed by atoms with Crippen LogP contribution >= 0.6 is 0 Å². The van der Waals surface area contributed by atoms with Gasteiger partial charge in [0.15, 0.2) is 0 Å². The highest BCUT2D eigenvalue weighted by molar-refractivity contribution is 6.22. The third-order valence-corrected chi connectivity index (χ3v) is 4.52. The Morgan fingerprint density at radius 3 is 2.43 bits per heavy atom. The molecular formula is C18H24N2O3. The normalized spacial score (nSPS) is 22.7. The highest BCUT2D eigenvalue weighted by atomic mass is 16.5. The van der Waals surface area contributed by atoms with Gasteiger partial charge in [-0.2, -0.15) is 0 Å². The van der Waals surface area contributed by atoms with Crippen LogP contribution in [0.1, 0.15) is 39.0 Å². The second kappa shape index (κ2) is 7.13. The van der Waals surface area contributed by atoms with Gasteiger partial charge in [0, 0.05) is 0 Å². The number of piperidine rings is 1. The minimum atomic E-state index is -0.279. The van der Waals surface area contributed by atoms with E-state index < -0.39 is 0 Å². The van der Waals surface area contributed by atoms with E-state index in [1.165, 1.54) is 11.3 Å². The molecule has 2 amide bonds. The molecule has 2 heterocycles. The number of carbonyl (C=O) groups excluding carboxylic acids is 2. The average molecular weight is 316 g/mol. The molecule has 1 aromatic carbocycles. The van der Waals surface area contributed by atoms with Crippen LogP contribution in [0, 0.1) is 0 Å². The number of carbonyl (C=O) groups is 2. The molecule has 2 saturated heterocycles. The van der Waals surface area contributed by atoms with Gasteiger partial charge < -0.3 is 4.74 Å². The number of rotatable bonds is 5.